The first-order valence-corrected chi connectivity index (χ1v) is 12.7. The van der Waals surface area contributed by atoms with Crippen molar-refractivity contribution in [2.75, 3.05) is 11.9 Å². The molecule has 5 aliphatic rings. The number of ketones is 1. The Labute approximate surface area is 203 Å². The highest BCUT2D eigenvalue weighted by Crippen LogP contribution is 2.73. The molecule has 1 spiro atoms. The molecule has 4 N–H and O–H groups in total. The highest BCUT2D eigenvalue weighted by atomic mass is 32.1. The second-order valence-corrected chi connectivity index (χ2v) is 12.6. The highest BCUT2D eigenvalue weighted by Gasteiger charge is 2.84. The number of aliphatic hydroxyl groups excluding tert-OH is 2. The summed E-state index contributed by atoms with van der Waals surface area (Å²) in [4.78, 5) is 31.1. The predicted molar refractivity (Wildman–Crippen MR) is 126 cm³/mol. The lowest BCUT2D eigenvalue weighted by Gasteiger charge is -2.74. The van der Waals surface area contributed by atoms with Gasteiger partial charge in [-0.25, -0.2) is 4.98 Å². The minimum Gasteiger partial charge on any atom is -0.391 e. The van der Waals surface area contributed by atoms with Gasteiger partial charge in [0.05, 0.1) is 18.4 Å². The van der Waals surface area contributed by atoms with Crippen LogP contribution in [0.4, 0.5) is 5.13 Å². The summed E-state index contributed by atoms with van der Waals surface area (Å²) >= 11 is 1.40. The topological polar surface area (TPSA) is 129 Å². The van der Waals surface area contributed by atoms with Crippen LogP contribution in [0.1, 0.15) is 58.0 Å². The lowest BCUT2D eigenvalue weighted by molar-refractivity contribution is -0.433. The van der Waals surface area contributed by atoms with E-state index in [0.717, 1.165) is 10.5 Å². The van der Waals surface area contributed by atoms with E-state index in [1.54, 1.807) is 0 Å². The predicted octanol–water partition coefficient (Wildman–Crippen LogP) is 2.17. The van der Waals surface area contributed by atoms with Gasteiger partial charge in [0.25, 0.3) is 0 Å². The van der Waals surface area contributed by atoms with Gasteiger partial charge in [0.1, 0.15) is 17.3 Å². The summed E-state index contributed by atoms with van der Waals surface area (Å²) < 4.78 is 6.08. The zero-order valence-corrected chi connectivity index (χ0v) is 21.2. The van der Waals surface area contributed by atoms with Gasteiger partial charge in [-0.2, -0.15) is 0 Å². The molecule has 9 heteroatoms. The van der Waals surface area contributed by atoms with Gasteiger partial charge in [-0.1, -0.05) is 26.0 Å². The Hall–Kier alpha value is -1.65. The maximum absolute atomic E-state index is 13.6. The van der Waals surface area contributed by atoms with E-state index in [4.69, 9.17) is 9.72 Å². The van der Waals surface area contributed by atoms with Crippen molar-refractivity contribution in [1.82, 2.24) is 4.98 Å². The first-order chi connectivity index (χ1) is 15.7. The molecule has 3 aliphatic carbocycles. The number of Topliss-reactive ketones (excluding diaryl/α,β-unsaturated/α-hetero) is 1. The van der Waals surface area contributed by atoms with Gasteiger partial charge < -0.3 is 25.4 Å². The first kappa shape index (κ1) is 24.1. The average Bonchev–Trinajstić information content (AvgIpc) is 3.10. The van der Waals surface area contributed by atoms with Crippen molar-refractivity contribution < 1.29 is 29.6 Å². The molecule has 2 bridgehead atoms. The van der Waals surface area contributed by atoms with Gasteiger partial charge in [-0.3, -0.25) is 9.59 Å². The van der Waals surface area contributed by atoms with E-state index < -0.39 is 57.8 Å². The highest BCUT2D eigenvalue weighted by molar-refractivity contribution is 7.15. The Morgan fingerprint density at radius 2 is 1.85 bits per heavy atom. The normalized spacial score (nSPS) is 43.9. The molecule has 1 amide bonds. The van der Waals surface area contributed by atoms with Gasteiger partial charge >= 0.3 is 0 Å². The van der Waals surface area contributed by atoms with Crippen LogP contribution >= 0.6 is 11.3 Å². The maximum atomic E-state index is 13.6. The van der Waals surface area contributed by atoms with Crippen LogP contribution in [0.25, 0.3) is 0 Å². The molecule has 1 aromatic heterocycles. The van der Waals surface area contributed by atoms with E-state index in [1.165, 1.54) is 25.2 Å². The van der Waals surface area contributed by atoms with Crippen molar-refractivity contribution in [3.05, 3.63) is 22.7 Å². The zero-order valence-electron chi connectivity index (χ0n) is 20.3. The fourth-order valence-electron chi connectivity index (χ4n) is 8.26. The number of aliphatic hydroxyl groups is 3. The molecule has 0 aromatic carbocycles. The zero-order chi connectivity index (χ0) is 25.0. The monoisotopic (exact) mass is 490 g/mol. The summed E-state index contributed by atoms with van der Waals surface area (Å²) in [7, 11) is 0. The summed E-state index contributed by atoms with van der Waals surface area (Å²) in [5.41, 5.74) is -1.65. The number of nitrogens with zero attached hydrogens (tertiary/aromatic N) is 1. The minimum absolute atomic E-state index is 0.0784. The quantitative estimate of drug-likeness (QED) is 0.478. The summed E-state index contributed by atoms with van der Waals surface area (Å²) in [5, 5.41) is 38.8. The number of fused-ring (bicyclic) bond motifs is 2. The molecule has 186 valence electrons. The largest absolute Gasteiger partial charge is 0.391 e. The van der Waals surface area contributed by atoms with E-state index in [2.05, 4.69) is 25.7 Å². The molecule has 8 atom stereocenters. The Bertz CT molecular complexity index is 1100. The van der Waals surface area contributed by atoms with E-state index in [-0.39, 0.29) is 12.5 Å². The van der Waals surface area contributed by atoms with Crippen molar-refractivity contribution in [1.29, 1.82) is 0 Å². The van der Waals surface area contributed by atoms with E-state index >= 15 is 0 Å². The van der Waals surface area contributed by atoms with Crippen LogP contribution in [0, 0.1) is 28.6 Å². The summed E-state index contributed by atoms with van der Waals surface area (Å²) in [6, 6.07) is 0. The number of thiazole rings is 1. The number of hydrogen-bond donors (Lipinski definition) is 4. The molecule has 4 fully saturated rings. The number of carbonyl (C=O) groups excluding carboxylic acids is 2. The summed E-state index contributed by atoms with van der Waals surface area (Å²) in [5.74, 6) is -4.22. The second-order valence-electron chi connectivity index (χ2n) is 11.5. The number of nitrogens with one attached hydrogen (secondary N) is 1. The molecule has 0 radical (unpaired) electrons. The molecule has 3 heterocycles. The molecule has 6 rings (SSSR count). The van der Waals surface area contributed by atoms with E-state index in [1.807, 2.05) is 6.92 Å². The van der Waals surface area contributed by atoms with Crippen molar-refractivity contribution in [3.63, 3.8) is 0 Å². The number of anilines is 1. The van der Waals surface area contributed by atoms with Gasteiger partial charge in [-0.15, -0.1) is 11.3 Å². The molecule has 1 aromatic rings. The van der Waals surface area contributed by atoms with Gasteiger partial charge in [0.15, 0.2) is 5.13 Å². The number of aromatic nitrogens is 1. The van der Waals surface area contributed by atoms with E-state index in [0.29, 0.717) is 30.1 Å². The third-order valence-corrected chi connectivity index (χ3v) is 10.2. The van der Waals surface area contributed by atoms with Crippen LogP contribution in [0.3, 0.4) is 0 Å². The maximum Gasteiger partial charge on any atom is 0.223 e. The smallest absolute Gasteiger partial charge is 0.223 e. The number of rotatable bonds is 3. The molecule has 2 saturated heterocycles. The first-order valence-electron chi connectivity index (χ1n) is 11.9. The van der Waals surface area contributed by atoms with Crippen molar-refractivity contribution in [3.8, 4) is 0 Å². The number of amides is 1. The van der Waals surface area contributed by atoms with Crippen LogP contribution in [0.15, 0.2) is 12.2 Å². The van der Waals surface area contributed by atoms with Crippen LogP contribution < -0.4 is 5.32 Å². The lowest BCUT2D eigenvalue weighted by Crippen LogP contribution is -2.86. The Morgan fingerprint density at radius 1 is 1.18 bits per heavy atom. The fraction of sp³-hybridized carbons (Fsp3) is 0.720. The third-order valence-electron chi connectivity index (χ3n) is 9.28. The Kier molecular flexibility index (Phi) is 5.09. The summed E-state index contributed by atoms with van der Waals surface area (Å²) in [6.45, 7) is 12.8. The Morgan fingerprint density at radius 3 is 2.44 bits per heavy atom. The lowest BCUT2D eigenvalue weighted by atomic mass is 9.35. The molecular formula is C25H34N2O6S. The molecule has 2 unspecified atom stereocenters. The standard InChI is InChI=1S/C25H34N2O6S/c1-11(2)14-7-8-16-23-10-33-25(32,24(16,12(3)28)19(14)30)20(31)17(23)22(5,6)9-15-18(23)27-21(34-15)26-13(4)29/h14,16-17,19-20,30-32H,1,7-10H2,2-6H3,(H,26,27,29)/t14-,16?,17?,19+,20-,23-,24+,25-/m0/s1. The van der Waals surface area contributed by atoms with Crippen LogP contribution in [0.2, 0.25) is 0 Å². The number of ether oxygens (including phenoxy) is 1. The molecule has 2 aliphatic heterocycles. The Balaban J connectivity index is 1.81. The fourth-order valence-corrected chi connectivity index (χ4v) is 9.61. The van der Waals surface area contributed by atoms with Crippen molar-refractivity contribution in [2.24, 2.45) is 28.6 Å². The van der Waals surface area contributed by atoms with Crippen molar-refractivity contribution in [2.45, 2.75) is 77.3 Å². The van der Waals surface area contributed by atoms with Gasteiger partial charge in [-0.05, 0) is 44.4 Å². The van der Waals surface area contributed by atoms with Crippen LogP contribution in [-0.2, 0) is 26.2 Å². The summed E-state index contributed by atoms with van der Waals surface area (Å²) in [6.07, 6.45) is -0.911. The molecular weight excluding hydrogens is 456 g/mol. The molecule has 34 heavy (non-hydrogen) atoms. The van der Waals surface area contributed by atoms with Crippen LogP contribution in [0.5, 0.6) is 0 Å². The van der Waals surface area contributed by atoms with Crippen molar-refractivity contribution >= 4 is 28.2 Å². The van der Waals surface area contributed by atoms with E-state index in [9.17, 15) is 24.9 Å². The molecule has 8 nitrogen and oxygen atoms in total. The number of hydrogen-bond acceptors (Lipinski definition) is 8. The van der Waals surface area contributed by atoms with Gasteiger partial charge in [0.2, 0.25) is 11.7 Å². The SMILES string of the molecule is C=C(C)[C@@H]1CCC2[C@@]34CO[C@@](O)([C@@H](O)C3C(C)(C)Cc3sc(NC(C)=O)nc34)[C@@]2(C(C)=O)[C@@H]1O. The van der Waals surface area contributed by atoms with Crippen LogP contribution in [-0.4, -0.2) is 56.6 Å². The second kappa shape index (κ2) is 7.20. The molecule has 2 saturated carbocycles. The third kappa shape index (κ3) is 2.60. The minimum atomic E-state index is -2.23. The van der Waals surface area contributed by atoms with Gasteiger partial charge in [0, 0.05) is 29.1 Å². The number of carbonyl (C=O) groups is 2. The average molecular weight is 491 g/mol.